The van der Waals surface area contributed by atoms with Crippen LogP contribution in [0.1, 0.15) is 79.5 Å². The summed E-state index contributed by atoms with van der Waals surface area (Å²) in [5.41, 5.74) is 3.59. The quantitative estimate of drug-likeness (QED) is 0.252. The second kappa shape index (κ2) is 11.7. The van der Waals surface area contributed by atoms with Crippen LogP contribution in [0.2, 0.25) is 0 Å². The number of carbonyl (C=O) groups excluding carboxylic acids is 1. The van der Waals surface area contributed by atoms with Crippen LogP contribution in [-0.4, -0.2) is 12.6 Å². The second-order valence-electron chi connectivity index (χ2n) is 8.14. The van der Waals surface area contributed by atoms with E-state index in [1.54, 1.807) is 12.1 Å². The summed E-state index contributed by atoms with van der Waals surface area (Å²) in [6.45, 7) is 2.18. The predicted molar refractivity (Wildman–Crippen MR) is 123 cm³/mol. The molecule has 1 aliphatic carbocycles. The molecule has 0 fully saturated rings. The van der Waals surface area contributed by atoms with E-state index in [1.165, 1.54) is 25.0 Å². The third kappa shape index (κ3) is 7.81. The Balaban J connectivity index is 1.68. The molecule has 0 aliphatic heterocycles. The van der Waals surface area contributed by atoms with Crippen molar-refractivity contribution in [2.45, 2.75) is 64.3 Å². The topological polar surface area (TPSA) is 35.5 Å². The Hall–Kier alpha value is -3.02. The fourth-order valence-electron chi connectivity index (χ4n) is 3.85. The molecule has 2 aromatic carbocycles. The van der Waals surface area contributed by atoms with Crippen molar-refractivity contribution in [3.63, 3.8) is 0 Å². The van der Waals surface area contributed by atoms with Crippen molar-refractivity contribution in [2.24, 2.45) is 0 Å². The van der Waals surface area contributed by atoms with Gasteiger partial charge in [0.05, 0.1) is 5.76 Å². The maximum Gasteiger partial charge on any atom is 0.573 e. The highest BCUT2D eigenvalue weighted by Crippen LogP contribution is 2.34. The van der Waals surface area contributed by atoms with E-state index < -0.39 is 6.36 Å². The number of rotatable bonds is 11. The maximum atomic E-state index is 12.3. The van der Waals surface area contributed by atoms with Gasteiger partial charge in [-0.05, 0) is 54.2 Å². The van der Waals surface area contributed by atoms with E-state index in [0.717, 1.165) is 54.4 Å². The van der Waals surface area contributed by atoms with E-state index in [-0.39, 0.29) is 11.9 Å². The Morgan fingerprint density at radius 2 is 1.67 bits per heavy atom. The molecule has 176 valence electrons. The van der Waals surface area contributed by atoms with Gasteiger partial charge in [-0.25, -0.2) is 0 Å². The minimum atomic E-state index is -4.69. The average Bonchev–Trinajstić information content (AvgIpc) is 2.81. The highest BCUT2D eigenvalue weighted by molar-refractivity contribution is 5.74. The Labute approximate surface area is 192 Å². The third-order valence-electron chi connectivity index (χ3n) is 5.63. The lowest BCUT2D eigenvalue weighted by molar-refractivity contribution is -0.274. The van der Waals surface area contributed by atoms with Gasteiger partial charge >= 0.3 is 6.36 Å². The van der Waals surface area contributed by atoms with Crippen molar-refractivity contribution in [2.75, 3.05) is 0 Å². The molecule has 0 amide bonds. The highest BCUT2D eigenvalue weighted by atomic mass is 19.4. The number of aldehydes is 1. The van der Waals surface area contributed by atoms with Gasteiger partial charge in [-0.1, -0.05) is 68.7 Å². The summed E-state index contributed by atoms with van der Waals surface area (Å²) < 4.78 is 47.4. The Morgan fingerprint density at radius 3 is 2.24 bits per heavy atom. The molecule has 2 aromatic rings. The average molecular weight is 459 g/mol. The van der Waals surface area contributed by atoms with Crippen molar-refractivity contribution in [3.05, 3.63) is 83.1 Å². The lowest BCUT2D eigenvalue weighted by Gasteiger charge is -2.24. The Morgan fingerprint density at radius 1 is 0.939 bits per heavy atom. The predicted octanol–water partition coefficient (Wildman–Crippen LogP) is 8.19. The van der Waals surface area contributed by atoms with E-state index in [9.17, 15) is 18.0 Å². The minimum Gasteiger partial charge on any atom is -0.490 e. The molecule has 0 spiro atoms. The SMILES string of the molecule is CCCCCCC(OC1=CC=C(c2ccc(OC(F)(F)F)cc2)CC1)c1ccc(C=O)cc1. The second-order valence-corrected chi connectivity index (χ2v) is 8.14. The standard InChI is InChI=1S/C27H29F3O3/c1-2-3-4-5-6-26(23-9-7-20(19-31)8-10-23)32-24-15-11-21(12-16-24)22-13-17-25(18-14-22)33-27(28,29)30/h7-11,13-15,17-19,26H,2-6,12,16H2,1H3. The first-order chi connectivity index (χ1) is 15.9. The van der Waals surface area contributed by atoms with Gasteiger partial charge in [0.15, 0.2) is 0 Å². The molecule has 0 heterocycles. The number of ether oxygens (including phenoxy) is 2. The van der Waals surface area contributed by atoms with Crippen molar-refractivity contribution in [1.29, 1.82) is 0 Å². The van der Waals surface area contributed by atoms with Crippen LogP contribution in [0.3, 0.4) is 0 Å². The molecule has 1 unspecified atom stereocenters. The molecule has 1 aliphatic rings. The van der Waals surface area contributed by atoms with Gasteiger partial charge in [0.1, 0.15) is 18.1 Å². The van der Waals surface area contributed by atoms with Gasteiger partial charge in [-0.15, -0.1) is 13.2 Å². The van der Waals surface area contributed by atoms with Crippen LogP contribution in [-0.2, 0) is 4.74 Å². The summed E-state index contributed by atoms with van der Waals surface area (Å²) in [5.74, 6) is 0.657. The first-order valence-electron chi connectivity index (χ1n) is 11.4. The zero-order chi connectivity index (χ0) is 23.7. The van der Waals surface area contributed by atoms with Crippen molar-refractivity contribution in [1.82, 2.24) is 0 Å². The first kappa shape index (κ1) is 24.6. The van der Waals surface area contributed by atoms with Gasteiger partial charge < -0.3 is 9.47 Å². The van der Waals surface area contributed by atoms with Gasteiger partial charge in [0.25, 0.3) is 0 Å². The molecule has 0 N–H and O–H groups in total. The van der Waals surface area contributed by atoms with Gasteiger partial charge in [0.2, 0.25) is 0 Å². The van der Waals surface area contributed by atoms with Crippen LogP contribution < -0.4 is 4.74 Å². The number of alkyl halides is 3. The van der Waals surface area contributed by atoms with Crippen LogP contribution in [0.15, 0.2) is 66.4 Å². The van der Waals surface area contributed by atoms with E-state index in [1.807, 2.05) is 36.4 Å². The minimum absolute atomic E-state index is 0.0810. The van der Waals surface area contributed by atoms with Crippen LogP contribution >= 0.6 is 0 Å². The lowest BCUT2D eigenvalue weighted by Crippen LogP contribution is -2.17. The number of halogens is 3. The number of allylic oxidation sites excluding steroid dienone is 4. The van der Waals surface area contributed by atoms with Crippen molar-refractivity contribution < 1.29 is 27.4 Å². The molecule has 0 saturated heterocycles. The van der Waals surface area contributed by atoms with Crippen molar-refractivity contribution in [3.8, 4) is 5.75 Å². The highest BCUT2D eigenvalue weighted by Gasteiger charge is 2.31. The van der Waals surface area contributed by atoms with Crippen molar-refractivity contribution >= 4 is 11.9 Å². The van der Waals surface area contributed by atoms with Crippen LogP contribution in [0, 0.1) is 0 Å². The number of carbonyl (C=O) groups is 1. The number of benzene rings is 2. The molecular formula is C27H29F3O3. The monoisotopic (exact) mass is 458 g/mol. The molecule has 0 radical (unpaired) electrons. The molecule has 1 atom stereocenters. The molecule has 0 bridgehead atoms. The van der Waals surface area contributed by atoms with Gasteiger partial charge in [-0.3, -0.25) is 4.79 Å². The summed E-state index contributed by atoms with van der Waals surface area (Å²) in [7, 11) is 0. The Bertz CT molecular complexity index is 958. The lowest BCUT2D eigenvalue weighted by atomic mass is 9.96. The third-order valence-corrected chi connectivity index (χ3v) is 5.63. The summed E-state index contributed by atoms with van der Waals surface area (Å²) >= 11 is 0. The number of unbranched alkanes of at least 4 members (excludes halogenated alkanes) is 3. The largest absolute Gasteiger partial charge is 0.573 e. The first-order valence-corrected chi connectivity index (χ1v) is 11.4. The van der Waals surface area contributed by atoms with Crippen LogP contribution in [0.25, 0.3) is 5.57 Å². The normalized spacial score (nSPS) is 14.8. The van der Waals surface area contributed by atoms with Gasteiger partial charge in [-0.2, -0.15) is 0 Å². The molecule has 0 aromatic heterocycles. The molecule has 0 saturated carbocycles. The van der Waals surface area contributed by atoms with Gasteiger partial charge in [0, 0.05) is 12.0 Å². The fourth-order valence-corrected chi connectivity index (χ4v) is 3.85. The van der Waals surface area contributed by atoms with E-state index >= 15 is 0 Å². The zero-order valence-electron chi connectivity index (χ0n) is 18.7. The molecular weight excluding hydrogens is 429 g/mol. The molecule has 6 heteroatoms. The molecule has 3 rings (SSSR count). The fraction of sp³-hybridized carbons (Fsp3) is 0.370. The van der Waals surface area contributed by atoms with E-state index in [2.05, 4.69) is 11.7 Å². The Kier molecular flexibility index (Phi) is 8.75. The summed E-state index contributed by atoms with van der Waals surface area (Å²) in [6.07, 6.45) is 6.88. The van der Waals surface area contributed by atoms with Crippen LogP contribution in [0.4, 0.5) is 13.2 Å². The maximum absolute atomic E-state index is 12.3. The zero-order valence-corrected chi connectivity index (χ0v) is 18.7. The number of hydrogen-bond acceptors (Lipinski definition) is 3. The van der Waals surface area contributed by atoms with Crippen LogP contribution in [0.5, 0.6) is 5.75 Å². The smallest absolute Gasteiger partial charge is 0.490 e. The van der Waals surface area contributed by atoms with E-state index in [4.69, 9.17) is 4.74 Å². The number of hydrogen-bond donors (Lipinski definition) is 0. The van der Waals surface area contributed by atoms with E-state index in [0.29, 0.717) is 12.0 Å². The summed E-state index contributed by atoms with van der Waals surface area (Å²) in [6, 6.07) is 13.4. The molecule has 33 heavy (non-hydrogen) atoms. The summed E-state index contributed by atoms with van der Waals surface area (Å²) in [4.78, 5) is 11.0. The molecule has 3 nitrogen and oxygen atoms in total. The summed E-state index contributed by atoms with van der Waals surface area (Å²) in [5, 5.41) is 0.